The van der Waals surface area contributed by atoms with Gasteiger partial charge in [-0.05, 0) is 44.5 Å². The summed E-state index contributed by atoms with van der Waals surface area (Å²) in [4.78, 5) is 14.7. The van der Waals surface area contributed by atoms with Crippen molar-refractivity contribution in [2.24, 2.45) is 0 Å². The third-order valence-corrected chi connectivity index (χ3v) is 3.27. The Labute approximate surface area is 129 Å². The van der Waals surface area contributed by atoms with E-state index in [-0.39, 0.29) is 11.3 Å². The SMILES string of the molecule is CCN(CC)c1nc(Cl)nc(NC(C)Cc2ccco2)n1. The summed E-state index contributed by atoms with van der Waals surface area (Å²) in [7, 11) is 0. The van der Waals surface area contributed by atoms with Gasteiger partial charge in [-0.1, -0.05) is 0 Å². The van der Waals surface area contributed by atoms with E-state index in [2.05, 4.69) is 20.3 Å². The normalized spacial score (nSPS) is 12.2. The standard InChI is InChI=1S/C14H20ClN5O/c1-4-20(5-2)14-18-12(15)17-13(19-14)16-10(3)9-11-7-6-8-21-11/h6-8,10H,4-5,9H2,1-3H3,(H,16,17,18,19). The first-order valence-electron chi connectivity index (χ1n) is 7.07. The van der Waals surface area contributed by atoms with E-state index in [1.807, 2.05) is 37.8 Å². The van der Waals surface area contributed by atoms with Crippen LogP contribution in [0, 0.1) is 0 Å². The zero-order valence-electron chi connectivity index (χ0n) is 12.5. The lowest BCUT2D eigenvalue weighted by atomic mass is 10.2. The molecule has 0 saturated heterocycles. The molecule has 2 rings (SSSR count). The summed E-state index contributed by atoms with van der Waals surface area (Å²) < 4.78 is 5.33. The molecule has 0 fully saturated rings. The van der Waals surface area contributed by atoms with Gasteiger partial charge in [0, 0.05) is 25.6 Å². The summed E-state index contributed by atoms with van der Waals surface area (Å²) in [6, 6.07) is 3.94. The first-order chi connectivity index (χ1) is 10.1. The minimum atomic E-state index is 0.124. The molecule has 114 valence electrons. The van der Waals surface area contributed by atoms with E-state index in [0.29, 0.717) is 11.9 Å². The minimum absolute atomic E-state index is 0.124. The number of hydrogen-bond donors (Lipinski definition) is 1. The third kappa shape index (κ3) is 4.32. The maximum absolute atomic E-state index is 5.99. The average molecular weight is 310 g/mol. The number of nitrogens with one attached hydrogen (secondary N) is 1. The fourth-order valence-electron chi connectivity index (χ4n) is 2.05. The molecule has 0 aliphatic rings. The van der Waals surface area contributed by atoms with Crippen molar-refractivity contribution in [3.63, 3.8) is 0 Å². The Kier molecular flexibility index (Phi) is 5.38. The third-order valence-electron chi connectivity index (χ3n) is 3.11. The van der Waals surface area contributed by atoms with Gasteiger partial charge in [0.2, 0.25) is 17.2 Å². The van der Waals surface area contributed by atoms with E-state index in [4.69, 9.17) is 16.0 Å². The molecule has 0 bridgehead atoms. The molecule has 1 N–H and O–H groups in total. The monoisotopic (exact) mass is 309 g/mol. The predicted octanol–water partition coefficient (Wildman–Crippen LogP) is 3.01. The van der Waals surface area contributed by atoms with E-state index in [1.54, 1.807) is 6.26 Å². The molecule has 0 radical (unpaired) electrons. The Morgan fingerprint density at radius 3 is 2.67 bits per heavy atom. The van der Waals surface area contributed by atoms with E-state index in [9.17, 15) is 0 Å². The van der Waals surface area contributed by atoms with Crippen LogP contribution in [0.3, 0.4) is 0 Å². The van der Waals surface area contributed by atoms with Crippen molar-refractivity contribution in [3.8, 4) is 0 Å². The Balaban J connectivity index is 2.08. The van der Waals surface area contributed by atoms with Gasteiger partial charge in [-0.25, -0.2) is 0 Å². The number of aromatic nitrogens is 3. The number of anilines is 2. The first-order valence-corrected chi connectivity index (χ1v) is 7.45. The molecule has 0 amide bonds. The zero-order chi connectivity index (χ0) is 15.2. The van der Waals surface area contributed by atoms with Crippen LogP contribution >= 0.6 is 11.6 Å². The summed E-state index contributed by atoms with van der Waals surface area (Å²) in [6.07, 6.45) is 2.41. The van der Waals surface area contributed by atoms with Gasteiger partial charge in [0.15, 0.2) is 0 Å². The van der Waals surface area contributed by atoms with Gasteiger partial charge in [0.1, 0.15) is 5.76 Å². The van der Waals surface area contributed by atoms with Crippen LogP contribution in [0.2, 0.25) is 5.28 Å². The molecule has 0 saturated carbocycles. The lowest BCUT2D eigenvalue weighted by molar-refractivity contribution is 0.497. The van der Waals surface area contributed by atoms with Crippen molar-refractivity contribution in [1.29, 1.82) is 0 Å². The van der Waals surface area contributed by atoms with E-state index in [1.165, 1.54) is 0 Å². The van der Waals surface area contributed by atoms with Crippen LogP contribution in [0.4, 0.5) is 11.9 Å². The van der Waals surface area contributed by atoms with Crippen LogP contribution in [0.5, 0.6) is 0 Å². The Bertz CT molecular complexity index is 556. The molecule has 2 aromatic heterocycles. The molecule has 0 spiro atoms. The van der Waals surface area contributed by atoms with Crippen LogP contribution in [0.25, 0.3) is 0 Å². The highest BCUT2D eigenvalue weighted by Gasteiger charge is 2.12. The lowest BCUT2D eigenvalue weighted by Gasteiger charge is -2.19. The number of hydrogen-bond acceptors (Lipinski definition) is 6. The molecule has 21 heavy (non-hydrogen) atoms. The number of halogens is 1. The molecular formula is C14H20ClN5O. The van der Waals surface area contributed by atoms with Crippen molar-refractivity contribution >= 4 is 23.5 Å². The van der Waals surface area contributed by atoms with E-state index in [0.717, 1.165) is 25.3 Å². The molecule has 0 aliphatic heterocycles. The quantitative estimate of drug-likeness (QED) is 0.848. The van der Waals surface area contributed by atoms with Crippen molar-refractivity contribution in [3.05, 3.63) is 29.4 Å². The maximum Gasteiger partial charge on any atom is 0.231 e. The largest absolute Gasteiger partial charge is 0.469 e. The Morgan fingerprint density at radius 2 is 2.05 bits per heavy atom. The second-order valence-corrected chi connectivity index (χ2v) is 5.07. The molecule has 6 nitrogen and oxygen atoms in total. The highest BCUT2D eigenvalue weighted by molar-refractivity contribution is 6.28. The van der Waals surface area contributed by atoms with Crippen LogP contribution in [-0.4, -0.2) is 34.1 Å². The summed E-state index contributed by atoms with van der Waals surface area (Å²) in [5, 5.41) is 3.43. The minimum Gasteiger partial charge on any atom is -0.469 e. The molecule has 1 atom stereocenters. The van der Waals surface area contributed by atoms with Crippen LogP contribution < -0.4 is 10.2 Å². The number of rotatable bonds is 7. The van der Waals surface area contributed by atoms with Gasteiger partial charge in [-0.2, -0.15) is 15.0 Å². The van der Waals surface area contributed by atoms with Gasteiger partial charge < -0.3 is 14.6 Å². The Morgan fingerprint density at radius 1 is 1.29 bits per heavy atom. The highest BCUT2D eigenvalue weighted by atomic mass is 35.5. The van der Waals surface area contributed by atoms with Crippen LogP contribution in [0.1, 0.15) is 26.5 Å². The topological polar surface area (TPSA) is 67.1 Å². The molecular weight excluding hydrogens is 290 g/mol. The van der Waals surface area contributed by atoms with E-state index >= 15 is 0 Å². The van der Waals surface area contributed by atoms with Gasteiger partial charge in [0.05, 0.1) is 6.26 Å². The summed E-state index contributed by atoms with van der Waals surface area (Å²) in [6.45, 7) is 7.77. The maximum atomic E-state index is 5.99. The zero-order valence-corrected chi connectivity index (χ0v) is 13.3. The van der Waals surface area contributed by atoms with Gasteiger partial charge >= 0.3 is 0 Å². The smallest absolute Gasteiger partial charge is 0.231 e. The summed E-state index contributed by atoms with van der Waals surface area (Å²) in [5.74, 6) is 1.99. The molecule has 7 heteroatoms. The molecule has 2 heterocycles. The van der Waals surface area contributed by atoms with Crippen molar-refractivity contribution in [2.45, 2.75) is 33.2 Å². The van der Waals surface area contributed by atoms with Gasteiger partial charge in [-0.3, -0.25) is 0 Å². The predicted molar refractivity (Wildman–Crippen MR) is 83.9 cm³/mol. The average Bonchev–Trinajstić information content (AvgIpc) is 2.92. The first kappa shape index (κ1) is 15.6. The second-order valence-electron chi connectivity index (χ2n) is 4.73. The van der Waals surface area contributed by atoms with Gasteiger partial charge in [0.25, 0.3) is 0 Å². The molecule has 0 aromatic carbocycles. The fourth-order valence-corrected chi connectivity index (χ4v) is 2.21. The van der Waals surface area contributed by atoms with E-state index < -0.39 is 0 Å². The van der Waals surface area contributed by atoms with Crippen molar-refractivity contribution in [2.75, 3.05) is 23.3 Å². The Hall–Kier alpha value is -1.82. The molecule has 1 unspecified atom stereocenters. The van der Waals surface area contributed by atoms with Crippen LogP contribution in [0.15, 0.2) is 22.8 Å². The number of nitrogens with zero attached hydrogens (tertiary/aromatic N) is 4. The second kappa shape index (κ2) is 7.26. The van der Waals surface area contributed by atoms with Crippen molar-refractivity contribution in [1.82, 2.24) is 15.0 Å². The fraction of sp³-hybridized carbons (Fsp3) is 0.500. The molecule has 2 aromatic rings. The van der Waals surface area contributed by atoms with Crippen LogP contribution in [-0.2, 0) is 6.42 Å². The van der Waals surface area contributed by atoms with Crippen molar-refractivity contribution < 1.29 is 4.42 Å². The number of furan rings is 1. The highest BCUT2D eigenvalue weighted by Crippen LogP contribution is 2.15. The summed E-state index contributed by atoms with van der Waals surface area (Å²) in [5.41, 5.74) is 0. The summed E-state index contributed by atoms with van der Waals surface area (Å²) >= 11 is 5.99. The van der Waals surface area contributed by atoms with Gasteiger partial charge in [-0.15, -0.1) is 0 Å². The molecule has 0 aliphatic carbocycles. The lowest BCUT2D eigenvalue weighted by Crippen LogP contribution is -2.26.